The van der Waals surface area contributed by atoms with Crippen molar-refractivity contribution in [1.29, 1.82) is 0 Å². The molecule has 2 saturated heterocycles. The van der Waals surface area contributed by atoms with Crippen LogP contribution < -0.4 is 9.64 Å². The maximum absolute atomic E-state index is 12.6. The molecule has 2 fully saturated rings. The van der Waals surface area contributed by atoms with Gasteiger partial charge >= 0.3 is 0 Å². The van der Waals surface area contributed by atoms with Gasteiger partial charge < -0.3 is 24.0 Å². The molecule has 0 atom stereocenters. The Balaban J connectivity index is 1.41. The van der Waals surface area contributed by atoms with Crippen LogP contribution in [0.15, 0.2) is 18.2 Å². The van der Waals surface area contributed by atoms with Gasteiger partial charge in [0, 0.05) is 33.0 Å². The van der Waals surface area contributed by atoms with Crippen molar-refractivity contribution in [2.75, 3.05) is 44.9 Å². The average Bonchev–Trinajstić information content (AvgIpc) is 3.07. The Morgan fingerprint density at radius 1 is 1.20 bits per heavy atom. The quantitative estimate of drug-likeness (QED) is 0.798. The third-order valence-electron chi connectivity index (χ3n) is 5.16. The molecule has 3 aliphatic heterocycles. The summed E-state index contributed by atoms with van der Waals surface area (Å²) < 4.78 is 16.8. The molecule has 1 aromatic carbocycles. The lowest BCUT2D eigenvalue weighted by Gasteiger charge is -2.37. The van der Waals surface area contributed by atoms with Crippen molar-refractivity contribution in [2.45, 2.75) is 25.0 Å². The zero-order valence-electron chi connectivity index (χ0n) is 14.3. The molecule has 3 heterocycles. The SMILES string of the molecule is CN1C(=O)COc2ccc(CC(=O)N3CCC4(CC3)OCCO4)cc21. The molecule has 134 valence electrons. The molecule has 0 saturated carbocycles. The van der Waals surface area contributed by atoms with E-state index >= 15 is 0 Å². The Bertz CT molecular complexity index is 689. The molecular weight excluding hydrogens is 324 g/mol. The molecule has 7 nitrogen and oxygen atoms in total. The smallest absolute Gasteiger partial charge is 0.264 e. The van der Waals surface area contributed by atoms with Gasteiger partial charge in [0.25, 0.3) is 5.91 Å². The van der Waals surface area contributed by atoms with Crippen LogP contribution in [0, 0.1) is 0 Å². The second-order valence-electron chi connectivity index (χ2n) is 6.71. The van der Waals surface area contributed by atoms with Crippen molar-refractivity contribution in [1.82, 2.24) is 4.90 Å². The zero-order valence-corrected chi connectivity index (χ0v) is 14.3. The average molecular weight is 346 g/mol. The Morgan fingerprint density at radius 2 is 1.92 bits per heavy atom. The third-order valence-corrected chi connectivity index (χ3v) is 5.16. The van der Waals surface area contributed by atoms with E-state index < -0.39 is 5.79 Å². The molecule has 25 heavy (non-hydrogen) atoms. The van der Waals surface area contributed by atoms with E-state index in [1.807, 2.05) is 23.1 Å². The van der Waals surface area contributed by atoms with Gasteiger partial charge in [0.1, 0.15) is 5.75 Å². The lowest BCUT2D eigenvalue weighted by molar-refractivity contribution is -0.187. The molecule has 3 aliphatic rings. The van der Waals surface area contributed by atoms with E-state index in [0.29, 0.717) is 57.0 Å². The minimum Gasteiger partial charge on any atom is -0.482 e. The van der Waals surface area contributed by atoms with Crippen molar-refractivity contribution >= 4 is 17.5 Å². The standard InChI is InChI=1S/C18H22N2O5/c1-19-14-10-13(2-3-15(14)23-12-17(19)22)11-16(21)20-6-4-18(5-7-20)24-8-9-25-18/h2-3,10H,4-9,11-12H2,1H3. The number of likely N-dealkylation sites (tertiary alicyclic amines) is 1. The van der Waals surface area contributed by atoms with Crippen LogP contribution in [0.2, 0.25) is 0 Å². The second kappa shape index (κ2) is 6.31. The summed E-state index contributed by atoms with van der Waals surface area (Å²) in [7, 11) is 1.72. The fourth-order valence-corrected chi connectivity index (χ4v) is 3.60. The number of carbonyl (C=O) groups excluding carboxylic acids is 2. The number of hydrogen-bond acceptors (Lipinski definition) is 5. The van der Waals surface area contributed by atoms with Crippen LogP contribution >= 0.6 is 0 Å². The number of benzene rings is 1. The van der Waals surface area contributed by atoms with E-state index in [4.69, 9.17) is 14.2 Å². The number of nitrogens with zero attached hydrogens (tertiary/aromatic N) is 2. The Kier molecular flexibility index (Phi) is 4.13. The molecule has 0 radical (unpaired) electrons. The molecular formula is C18H22N2O5. The molecule has 7 heteroatoms. The van der Waals surface area contributed by atoms with Crippen molar-refractivity contribution in [3.05, 3.63) is 23.8 Å². The molecule has 1 aromatic rings. The fourth-order valence-electron chi connectivity index (χ4n) is 3.60. The molecule has 0 N–H and O–H groups in total. The van der Waals surface area contributed by atoms with Gasteiger partial charge in [0.05, 0.1) is 25.3 Å². The van der Waals surface area contributed by atoms with Gasteiger partial charge in [0.15, 0.2) is 12.4 Å². The van der Waals surface area contributed by atoms with Crippen LogP contribution in [0.5, 0.6) is 5.75 Å². The van der Waals surface area contributed by atoms with E-state index in [0.717, 1.165) is 5.56 Å². The minimum absolute atomic E-state index is 0.0570. The molecule has 2 amide bonds. The molecule has 0 unspecified atom stereocenters. The minimum atomic E-state index is -0.469. The lowest BCUT2D eigenvalue weighted by Crippen LogP contribution is -2.47. The Morgan fingerprint density at radius 3 is 2.64 bits per heavy atom. The van der Waals surface area contributed by atoms with Crippen molar-refractivity contribution < 1.29 is 23.8 Å². The number of hydrogen-bond donors (Lipinski definition) is 0. The summed E-state index contributed by atoms with van der Waals surface area (Å²) in [6.07, 6.45) is 1.74. The van der Waals surface area contributed by atoms with Gasteiger partial charge in [-0.15, -0.1) is 0 Å². The molecule has 0 aromatic heterocycles. The first-order valence-corrected chi connectivity index (χ1v) is 8.64. The number of piperidine rings is 1. The van der Waals surface area contributed by atoms with Crippen molar-refractivity contribution in [2.24, 2.45) is 0 Å². The number of fused-ring (bicyclic) bond motifs is 1. The van der Waals surface area contributed by atoms with Gasteiger partial charge in [0.2, 0.25) is 5.91 Å². The lowest BCUT2D eigenvalue weighted by atomic mass is 10.0. The summed E-state index contributed by atoms with van der Waals surface area (Å²) >= 11 is 0. The van der Waals surface area contributed by atoms with Crippen molar-refractivity contribution in [3.8, 4) is 5.75 Å². The van der Waals surface area contributed by atoms with Crippen LogP contribution in [0.4, 0.5) is 5.69 Å². The number of likely N-dealkylation sites (N-methyl/N-ethyl adjacent to an activating group) is 1. The normalized spacial score (nSPS) is 22.0. The van der Waals surface area contributed by atoms with E-state index in [9.17, 15) is 9.59 Å². The number of rotatable bonds is 2. The van der Waals surface area contributed by atoms with Gasteiger partial charge in [-0.05, 0) is 17.7 Å². The maximum atomic E-state index is 12.6. The first kappa shape index (κ1) is 16.4. The molecule has 0 bridgehead atoms. The number of carbonyl (C=O) groups is 2. The topological polar surface area (TPSA) is 68.3 Å². The first-order chi connectivity index (χ1) is 12.1. The summed E-state index contributed by atoms with van der Waals surface area (Å²) in [4.78, 5) is 27.8. The van der Waals surface area contributed by atoms with Crippen LogP contribution in [-0.2, 0) is 25.5 Å². The number of amides is 2. The van der Waals surface area contributed by atoms with Gasteiger partial charge in [-0.2, -0.15) is 0 Å². The molecule has 0 aliphatic carbocycles. The van der Waals surface area contributed by atoms with E-state index in [-0.39, 0.29) is 18.4 Å². The highest BCUT2D eigenvalue weighted by molar-refractivity contribution is 5.97. The highest BCUT2D eigenvalue weighted by atomic mass is 16.7. The number of ether oxygens (including phenoxy) is 3. The van der Waals surface area contributed by atoms with Crippen LogP contribution in [0.1, 0.15) is 18.4 Å². The number of anilines is 1. The van der Waals surface area contributed by atoms with E-state index in [2.05, 4.69) is 0 Å². The fraction of sp³-hybridized carbons (Fsp3) is 0.556. The van der Waals surface area contributed by atoms with E-state index in [1.165, 1.54) is 0 Å². The van der Waals surface area contributed by atoms with Crippen LogP contribution in [-0.4, -0.2) is 62.5 Å². The van der Waals surface area contributed by atoms with Gasteiger partial charge in [-0.3, -0.25) is 9.59 Å². The third kappa shape index (κ3) is 3.09. The monoisotopic (exact) mass is 346 g/mol. The maximum Gasteiger partial charge on any atom is 0.264 e. The van der Waals surface area contributed by atoms with Crippen molar-refractivity contribution in [3.63, 3.8) is 0 Å². The largest absolute Gasteiger partial charge is 0.482 e. The summed E-state index contributed by atoms with van der Waals surface area (Å²) in [5.41, 5.74) is 1.59. The second-order valence-corrected chi connectivity index (χ2v) is 6.71. The van der Waals surface area contributed by atoms with Crippen LogP contribution in [0.3, 0.4) is 0 Å². The Hall–Kier alpha value is -2.12. The summed E-state index contributed by atoms with van der Waals surface area (Å²) in [5.74, 6) is 0.198. The highest BCUT2D eigenvalue weighted by Gasteiger charge is 2.40. The molecule has 4 rings (SSSR count). The summed E-state index contributed by atoms with van der Waals surface area (Å²) in [6, 6.07) is 5.57. The van der Waals surface area contributed by atoms with Gasteiger partial charge in [-0.25, -0.2) is 0 Å². The Labute approximate surface area is 146 Å². The predicted octanol–water partition coefficient (Wildman–Crippen LogP) is 0.950. The molecule has 1 spiro atoms. The summed E-state index contributed by atoms with van der Waals surface area (Å²) in [6.45, 7) is 2.62. The first-order valence-electron chi connectivity index (χ1n) is 8.64. The highest BCUT2D eigenvalue weighted by Crippen LogP contribution is 2.33. The summed E-state index contributed by atoms with van der Waals surface area (Å²) in [5, 5.41) is 0. The van der Waals surface area contributed by atoms with Gasteiger partial charge in [-0.1, -0.05) is 6.07 Å². The van der Waals surface area contributed by atoms with E-state index in [1.54, 1.807) is 11.9 Å². The van der Waals surface area contributed by atoms with Crippen LogP contribution in [0.25, 0.3) is 0 Å². The predicted molar refractivity (Wildman–Crippen MR) is 89.5 cm³/mol. The zero-order chi connectivity index (χ0) is 17.4.